The minimum absolute atomic E-state index is 0.0175. The molecule has 0 fully saturated rings. The first kappa shape index (κ1) is 14.0. The zero-order valence-electron chi connectivity index (χ0n) is 8.60. The van der Waals surface area contributed by atoms with E-state index in [2.05, 4.69) is 37.2 Å². The van der Waals surface area contributed by atoms with Crippen molar-refractivity contribution >= 4 is 55.1 Å². The number of carbonyl (C=O) groups excluding carboxylic acids is 1. The van der Waals surface area contributed by atoms with Crippen molar-refractivity contribution in [2.45, 2.75) is 19.3 Å². The van der Waals surface area contributed by atoms with Gasteiger partial charge < -0.3 is 5.32 Å². The number of amides is 1. The van der Waals surface area contributed by atoms with E-state index in [-0.39, 0.29) is 5.91 Å². The Morgan fingerprint density at radius 3 is 2.81 bits per heavy atom. The maximum Gasteiger partial charge on any atom is 0.224 e. The van der Waals surface area contributed by atoms with Crippen LogP contribution in [-0.4, -0.2) is 11.2 Å². The summed E-state index contributed by atoms with van der Waals surface area (Å²) in [4.78, 5) is 11.6. The van der Waals surface area contributed by atoms with Gasteiger partial charge in [0.15, 0.2) is 0 Å². The van der Waals surface area contributed by atoms with E-state index < -0.39 is 0 Å². The van der Waals surface area contributed by atoms with Crippen LogP contribution in [0.5, 0.6) is 0 Å². The second-order valence-corrected chi connectivity index (χ2v) is 5.40. The molecule has 1 N–H and O–H groups in total. The van der Waals surface area contributed by atoms with Gasteiger partial charge >= 0.3 is 0 Å². The molecule has 0 heterocycles. The van der Waals surface area contributed by atoms with Gasteiger partial charge in [-0.15, -0.1) is 0 Å². The van der Waals surface area contributed by atoms with Gasteiger partial charge in [0, 0.05) is 21.2 Å². The summed E-state index contributed by atoms with van der Waals surface area (Å²) in [5, 5.41) is 4.37. The molecule has 0 saturated heterocycles. The van der Waals surface area contributed by atoms with E-state index in [4.69, 9.17) is 11.6 Å². The number of halogens is 3. The van der Waals surface area contributed by atoms with Crippen molar-refractivity contribution in [2.24, 2.45) is 0 Å². The number of alkyl halides is 1. The molecule has 0 aliphatic rings. The number of benzene rings is 1. The molecule has 0 unspecified atom stereocenters. The number of hydrogen-bond acceptors (Lipinski definition) is 1. The molecule has 0 aromatic heterocycles. The molecule has 0 aliphatic heterocycles. The Morgan fingerprint density at radius 2 is 2.12 bits per heavy atom. The third-order valence-electron chi connectivity index (χ3n) is 1.99. The fraction of sp³-hybridized carbons (Fsp3) is 0.364. The van der Waals surface area contributed by atoms with Crippen LogP contribution in [-0.2, 0) is 4.79 Å². The molecule has 16 heavy (non-hydrogen) atoms. The van der Waals surface area contributed by atoms with E-state index >= 15 is 0 Å². The third kappa shape index (κ3) is 4.85. The fourth-order valence-electron chi connectivity index (χ4n) is 1.19. The van der Waals surface area contributed by atoms with Gasteiger partial charge in [0.25, 0.3) is 0 Å². The highest BCUT2D eigenvalue weighted by Crippen LogP contribution is 2.26. The van der Waals surface area contributed by atoms with E-state index in [1.807, 2.05) is 6.07 Å². The van der Waals surface area contributed by atoms with Crippen LogP contribution in [0.3, 0.4) is 0 Å². The van der Waals surface area contributed by atoms with Gasteiger partial charge in [-0.2, -0.15) is 0 Å². The predicted molar refractivity (Wildman–Crippen MR) is 75.4 cm³/mol. The molecule has 0 saturated carbocycles. The molecule has 88 valence electrons. The molecule has 1 aromatic rings. The van der Waals surface area contributed by atoms with Crippen LogP contribution < -0.4 is 5.32 Å². The average molecular weight is 369 g/mol. The molecule has 0 spiro atoms. The highest BCUT2D eigenvalue weighted by Gasteiger charge is 2.05. The molecular weight excluding hydrogens is 357 g/mol. The average Bonchev–Trinajstić information content (AvgIpc) is 2.24. The maximum absolute atomic E-state index is 11.6. The first-order valence-corrected chi connectivity index (χ1v) is 7.23. The van der Waals surface area contributed by atoms with Crippen LogP contribution in [0.4, 0.5) is 5.69 Å². The molecule has 1 rings (SSSR count). The summed E-state index contributed by atoms with van der Waals surface area (Å²) in [5.74, 6) is 0.0175. The number of nitrogens with one attached hydrogen (secondary N) is 1. The van der Waals surface area contributed by atoms with Gasteiger partial charge in [-0.3, -0.25) is 4.79 Å². The molecule has 0 bridgehead atoms. The van der Waals surface area contributed by atoms with Gasteiger partial charge in [0.05, 0.1) is 5.69 Å². The Hall–Kier alpha value is -0.0600. The van der Waals surface area contributed by atoms with Crippen molar-refractivity contribution in [3.63, 3.8) is 0 Å². The minimum Gasteiger partial charge on any atom is -0.325 e. The summed E-state index contributed by atoms with van der Waals surface area (Å²) in [6.07, 6.45) is 2.42. The Kier molecular flexibility index (Phi) is 6.39. The lowest BCUT2D eigenvalue weighted by molar-refractivity contribution is -0.116. The van der Waals surface area contributed by atoms with Crippen LogP contribution >= 0.6 is 43.5 Å². The molecule has 0 atom stereocenters. The van der Waals surface area contributed by atoms with E-state index in [0.29, 0.717) is 11.4 Å². The molecule has 1 aromatic carbocycles. The minimum atomic E-state index is 0.0175. The van der Waals surface area contributed by atoms with Crippen LogP contribution in [0.1, 0.15) is 19.3 Å². The van der Waals surface area contributed by atoms with Gasteiger partial charge in [0.2, 0.25) is 5.91 Å². The Balaban J connectivity index is 2.52. The summed E-state index contributed by atoms with van der Waals surface area (Å²) >= 11 is 12.5. The topological polar surface area (TPSA) is 29.1 Å². The quantitative estimate of drug-likeness (QED) is 0.596. The van der Waals surface area contributed by atoms with Gasteiger partial charge in [-0.05, 0) is 47.0 Å². The second kappa shape index (κ2) is 7.30. The maximum atomic E-state index is 11.6. The summed E-state index contributed by atoms with van der Waals surface area (Å²) in [6.45, 7) is 0. The Morgan fingerprint density at radius 1 is 1.38 bits per heavy atom. The lowest BCUT2D eigenvalue weighted by atomic mass is 10.2. The molecule has 5 heteroatoms. The first-order chi connectivity index (χ1) is 7.63. The number of unbranched alkanes of at least 4 members (excludes halogenated alkanes) is 1. The number of hydrogen-bond donors (Lipinski definition) is 1. The van der Waals surface area contributed by atoms with Crippen molar-refractivity contribution < 1.29 is 4.79 Å². The monoisotopic (exact) mass is 367 g/mol. The molecule has 1 amide bonds. The van der Waals surface area contributed by atoms with Crippen LogP contribution in [0.25, 0.3) is 0 Å². The lowest BCUT2D eigenvalue weighted by Gasteiger charge is -2.07. The van der Waals surface area contributed by atoms with E-state index in [1.54, 1.807) is 12.1 Å². The van der Waals surface area contributed by atoms with Crippen molar-refractivity contribution in [3.8, 4) is 0 Å². The van der Waals surface area contributed by atoms with E-state index in [0.717, 1.165) is 28.3 Å². The third-order valence-corrected chi connectivity index (χ3v) is 3.48. The highest BCUT2D eigenvalue weighted by molar-refractivity contribution is 9.10. The fourth-order valence-corrected chi connectivity index (χ4v) is 2.10. The predicted octanol–water partition coefficient (Wildman–Crippen LogP) is 4.61. The Bertz CT molecular complexity index is 371. The van der Waals surface area contributed by atoms with Gasteiger partial charge in [-0.25, -0.2) is 0 Å². The van der Waals surface area contributed by atoms with Gasteiger partial charge in [0.1, 0.15) is 0 Å². The number of carbonyl (C=O) groups is 1. The first-order valence-electron chi connectivity index (χ1n) is 4.94. The highest BCUT2D eigenvalue weighted by atomic mass is 79.9. The standard InChI is InChI=1S/C11H12Br2ClNO/c12-6-2-1-3-11(16)15-10-7-8(14)4-5-9(10)13/h4-5,7H,1-3,6H2,(H,15,16). The van der Waals surface area contributed by atoms with Crippen LogP contribution in [0, 0.1) is 0 Å². The number of rotatable bonds is 5. The molecule has 0 radical (unpaired) electrons. The SMILES string of the molecule is O=C(CCCCBr)Nc1cc(Cl)ccc1Br. The summed E-state index contributed by atoms with van der Waals surface area (Å²) in [7, 11) is 0. The van der Waals surface area contributed by atoms with Crippen LogP contribution in [0.2, 0.25) is 5.02 Å². The van der Waals surface area contributed by atoms with Crippen LogP contribution in [0.15, 0.2) is 22.7 Å². The summed E-state index contributed by atoms with van der Waals surface area (Å²) < 4.78 is 0.839. The summed E-state index contributed by atoms with van der Waals surface area (Å²) in [6, 6.07) is 5.32. The second-order valence-electron chi connectivity index (χ2n) is 3.32. The van der Waals surface area contributed by atoms with Crippen molar-refractivity contribution in [2.75, 3.05) is 10.6 Å². The lowest BCUT2D eigenvalue weighted by Crippen LogP contribution is -2.11. The smallest absolute Gasteiger partial charge is 0.224 e. The molecule has 0 aliphatic carbocycles. The zero-order valence-corrected chi connectivity index (χ0v) is 12.5. The van der Waals surface area contributed by atoms with Crippen molar-refractivity contribution in [1.29, 1.82) is 0 Å². The van der Waals surface area contributed by atoms with E-state index in [1.165, 1.54) is 0 Å². The Labute approximate surface area is 117 Å². The number of anilines is 1. The van der Waals surface area contributed by atoms with E-state index in [9.17, 15) is 4.79 Å². The van der Waals surface area contributed by atoms with Crippen molar-refractivity contribution in [3.05, 3.63) is 27.7 Å². The molecular formula is C11H12Br2ClNO. The van der Waals surface area contributed by atoms with Crippen molar-refractivity contribution in [1.82, 2.24) is 0 Å². The molecule has 2 nitrogen and oxygen atoms in total. The van der Waals surface area contributed by atoms with Gasteiger partial charge in [-0.1, -0.05) is 27.5 Å². The normalized spacial score (nSPS) is 10.2. The zero-order chi connectivity index (χ0) is 12.0. The summed E-state index contributed by atoms with van der Waals surface area (Å²) in [5.41, 5.74) is 0.719. The largest absolute Gasteiger partial charge is 0.325 e.